The number of non-ortho nitro benzene ring substituents is 1. The number of hydrogen-bond donors (Lipinski definition) is 2. The molecule has 0 aromatic heterocycles. The Balaban J connectivity index is 1.51. The average Bonchev–Trinajstić information content (AvgIpc) is 2.79. The van der Waals surface area contributed by atoms with Crippen LogP contribution in [-0.2, 0) is 10.0 Å². The van der Waals surface area contributed by atoms with E-state index in [0.29, 0.717) is 11.3 Å². The van der Waals surface area contributed by atoms with Gasteiger partial charge in [0.2, 0.25) is 0 Å². The Kier molecular flexibility index (Phi) is 5.57. The third-order valence-corrected chi connectivity index (χ3v) is 6.15. The van der Waals surface area contributed by atoms with Crippen molar-refractivity contribution in [2.75, 3.05) is 10.0 Å². The van der Waals surface area contributed by atoms with Gasteiger partial charge in [0.15, 0.2) is 0 Å². The number of nitro groups is 1. The van der Waals surface area contributed by atoms with Crippen molar-refractivity contribution in [1.82, 2.24) is 0 Å². The molecule has 8 nitrogen and oxygen atoms in total. The molecule has 0 aliphatic carbocycles. The van der Waals surface area contributed by atoms with Gasteiger partial charge < -0.3 is 5.32 Å². The number of nitrogens with one attached hydrogen (secondary N) is 2. The fourth-order valence-electron chi connectivity index (χ4n) is 3.20. The molecule has 0 bridgehead atoms. The van der Waals surface area contributed by atoms with E-state index in [4.69, 9.17) is 0 Å². The minimum atomic E-state index is -4.03. The lowest BCUT2D eigenvalue weighted by molar-refractivity contribution is -0.385. The summed E-state index contributed by atoms with van der Waals surface area (Å²) in [6.07, 6.45) is 0. The van der Waals surface area contributed by atoms with Crippen LogP contribution in [0.4, 0.5) is 17.1 Å². The maximum atomic E-state index is 12.7. The summed E-state index contributed by atoms with van der Waals surface area (Å²) in [5.41, 5.74) is 0.909. The standard InChI is InChI=1S/C23H17N3O5S/c27-23(24-22-10-3-6-16-5-1-2-9-21(16)22)17-11-13-18(14-12-17)25-32(30,31)20-8-4-7-19(15-20)26(28)29/h1-15,25H,(H,24,27). The third kappa shape index (κ3) is 4.42. The lowest BCUT2D eigenvalue weighted by Crippen LogP contribution is -2.14. The second-order valence-electron chi connectivity index (χ2n) is 6.92. The van der Waals surface area contributed by atoms with Gasteiger partial charge in [-0.1, -0.05) is 42.5 Å². The van der Waals surface area contributed by atoms with E-state index in [1.807, 2.05) is 42.5 Å². The van der Waals surface area contributed by atoms with Crippen molar-refractivity contribution >= 4 is 43.8 Å². The second kappa shape index (κ2) is 8.48. The molecule has 0 fully saturated rings. The van der Waals surface area contributed by atoms with E-state index in [1.165, 1.54) is 42.5 Å². The first-order valence-electron chi connectivity index (χ1n) is 9.50. The maximum Gasteiger partial charge on any atom is 0.270 e. The monoisotopic (exact) mass is 447 g/mol. The zero-order chi connectivity index (χ0) is 22.7. The SMILES string of the molecule is O=C(Nc1cccc2ccccc12)c1ccc(NS(=O)(=O)c2cccc([N+](=O)[O-])c2)cc1. The largest absolute Gasteiger partial charge is 0.321 e. The van der Waals surface area contributed by atoms with E-state index in [1.54, 1.807) is 0 Å². The van der Waals surface area contributed by atoms with Crippen LogP contribution >= 0.6 is 0 Å². The number of benzene rings is 4. The molecule has 0 spiro atoms. The second-order valence-corrected chi connectivity index (χ2v) is 8.60. The van der Waals surface area contributed by atoms with Gasteiger partial charge in [0.25, 0.3) is 21.6 Å². The number of nitrogens with zero attached hydrogens (tertiary/aromatic N) is 1. The summed E-state index contributed by atoms with van der Waals surface area (Å²) in [6.45, 7) is 0. The predicted octanol–water partition coefficient (Wildman–Crippen LogP) is 4.80. The van der Waals surface area contributed by atoms with Crippen LogP contribution in [0.3, 0.4) is 0 Å². The van der Waals surface area contributed by atoms with Gasteiger partial charge in [0.05, 0.1) is 9.82 Å². The summed E-state index contributed by atoms with van der Waals surface area (Å²) in [5.74, 6) is -0.338. The maximum absolute atomic E-state index is 12.7. The van der Waals surface area contributed by atoms with Gasteiger partial charge in [-0.05, 0) is 41.8 Å². The highest BCUT2D eigenvalue weighted by atomic mass is 32.2. The molecule has 2 N–H and O–H groups in total. The molecule has 4 rings (SSSR count). The van der Waals surface area contributed by atoms with Gasteiger partial charge >= 0.3 is 0 Å². The Bertz CT molecular complexity index is 1430. The molecule has 9 heteroatoms. The Hall–Kier alpha value is -4.24. The summed E-state index contributed by atoms with van der Waals surface area (Å²) in [5, 5.41) is 15.7. The Labute approximate surface area is 183 Å². The number of amides is 1. The summed E-state index contributed by atoms with van der Waals surface area (Å²) in [4.78, 5) is 22.7. The number of nitro benzene ring substituents is 1. The minimum Gasteiger partial charge on any atom is -0.321 e. The first kappa shape index (κ1) is 21.0. The number of hydrogen-bond acceptors (Lipinski definition) is 5. The molecule has 0 atom stereocenters. The fourth-order valence-corrected chi connectivity index (χ4v) is 4.29. The molecule has 0 aliphatic heterocycles. The van der Waals surface area contributed by atoms with Crippen LogP contribution in [0.1, 0.15) is 10.4 Å². The normalized spacial score (nSPS) is 11.1. The van der Waals surface area contributed by atoms with Crippen LogP contribution in [0.15, 0.2) is 95.9 Å². The van der Waals surface area contributed by atoms with Crippen molar-refractivity contribution in [3.63, 3.8) is 0 Å². The Morgan fingerprint density at radius 2 is 1.53 bits per heavy atom. The molecule has 32 heavy (non-hydrogen) atoms. The van der Waals surface area contributed by atoms with Crippen LogP contribution in [-0.4, -0.2) is 19.2 Å². The van der Waals surface area contributed by atoms with Crippen LogP contribution in [0.5, 0.6) is 0 Å². The molecule has 0 unspecified atom stereocenters. The highest BCUT2D eigenvalue weighted by Gasteiger charge is 2.18. The van der Waals surface area contributed by atoms with E-state index >= 15 is 0 Å². The molecule has 0 saturated carbocycles. The quantitative estimate of drug-likeness (QED) is 0.325. The van der Waals surface area contributed by atoms with Gasteiger partial charge in [-0.15, -0.1) is 0 Å². The average molecular weight is 447 g/mol. The van der Waals surface area contributed by atoms with Gasteiger partial charge in [0, 0.05) is 34.5 Å². The van der Waals surface area contributed by atoms with E-state index in [0.717, 1.165) is 16.8 Å². The van der Waals surface area contributed by atoms with Crippen LogP contribution in [0.25, 0.3) is 10.8 Å². The summed E-state index contributed by atoms with van der Waals surface area (Å²) in [6, 6.07) is 23.9. The van der Waals surface area contributed by atoms with Gasteiger partial charge in [-0.3, -0.25) is 19.6 Å². The van der Waals surface area contributed by atoms with Crippen molar-refractivity contribution in [3.05, 3.63) is 107 Å². The van der Waals surface area contributed by atoms with Crippen molar-refractivity contribution in [3.8, 4) is 0 Å². The first-order valence-corrected chi connectivity index (χ1v) is 11.0. The molecule has 1 amide bonds. The molecular formula is C23H17N3O5S. The predicted molar refractivity (Wildman–Crippen MR) is 122 cm³/mol. The summed E-state index contributed by atoms with van der Waals surface area (Å²) < 4.78 is 27.5. The first-order chi connectivity index (χ1) is 15.3. The van der Waals surface area contributed by atoms with E-state index in [2.05, 4.69) is 10.0 Å². The number of rotatable bonds is 6. The van der Waals surface area contributed by atoms with E-state index in [9.17, 15) is 23.3 Å². The lowest BCUT2D eigenvalue weighted by atomic mass is 10.1. The van der Waals surface area contributed by atoms with Crippen LogP contribution < -0.4 is 10.0 Å². The highest BCUT2D eigenvalue weighted by Crippen LogP contribution is 2.24. The fraction of sp³-hybridized carbons (Fsp3) is 0. The molecule has 4 aromatic rings. The molecule has 0 heterocycles. The molecule has 4 aromatic carbocycles. The topological polar surface area (TPSA) is 118 Å². The lowest BCUT2D eigenvalue weighted by Gasteiger charge is -2.10. The number of carbonyl (C=O) groups is 1. The zero-order valence-corrected chi connectivity index (χ0v) is 17.4. The molecule has 160 valence electrons. The Morgan fingerprint density at radius 3 is 2.28 bits per heavy atom. The number of sulfonamides is 1. The zero-order valence-electron chi connectivity index (χ0n) is 16.6. The third-order valence-electron chi connectivity index (χ3n) is 4.78. The number of carbonyl (C=O) groups excluding carboxylic acids is 1. The smallest absolute Gasteiger partial charge is 0.270 e. The molecule has 0 radical (unpaired) electrons. The van der Waals surface area contributed by atoms with Gasteiger partial charge in [-0.25, -0.2) is 8.42 Å². The Morgan fingerprint density at radius 1 is 0.844 bits per heavy atom. The van der Waals surface area contributed by atoms with Crippen molar-refractivity contribution in [1.29, 1.82) is 0 Å². The molecular weight excluding hydrogens is 430 g/mol. The summed E-state index contributed by atoms with van der Waals surface area (Å²) in [7, 11) is -4.03. The minimum absolute atomic E-state index is 0.221. The molecule has 0 aliphatic rings. The van der Waals surface area contributed by atoms with Crippen molar-refractivity contribution in [2.45, 2.75) is 4.90 Å². The van der Waals surface area contributed by atoms with Crippen molar-refractivity contribution < 1.29 is 18.1 Å². The van der Waals surface area contributed by atoms with Gasteiger partial charge in [0.1, 0.15) is 0 Å². The number of anilines is 2. The molecule has 0 saturated heterocycles. The highest BCUT2D eigenvalue weighted by molar-refractivity contribution is 7.92. The van der Waals surface area contributed by atoms with E-state index < -0.39 is 14.9 Å². The summed E-state index contributed by atoms with van der Waals surface area (Å²) >= 11 is 0. The van der Waals surface area contributed by atoms with E-state index in [-0.39, 0.29) is 22.2 Å². The van der Waals surface area contributed by atoms with Crippen LogP contribution in [0, 0.1) is 10.1 Å². The van der Waals surface area contributed by atoms with Crippen LogP contribution in [0.2, 0.25) is 0 Å². The number of fused-ring (bicyclic) bond motifs is 1. The van der Waals surface area contributed by atoms with Crippen molar-refractivity contribution in [2.24, 2.45) is 0 Å². The van der Waals surface area contributed by atoms with Gasteiger partial charge in [-0.2, -0.15) is 0 Å².